The SMILES string of the molecule is COc1cc(OC)nc(-c2ccc(Nc3nccc(Nc4c(N[C@@H](C)C5CCCCC5)c(=O)c4=O)n3)cc2)n1. The van der Waals surface area contributed by atoms with Crippen molar-refractivity contribution in [1.29, 1.82) is 0 Å². The molecule has 4 aromatic rings. The van der Waals surface area contributed by atoms with Gasteiger partial charge in [0, 0.05) is 23.5 Å². The number of rotatable bonds is 10. The third-order valence-electron chi connectivity index (χ3n) is 7.04. The standard InChI is InChI=1S/C28H31N7O4/c1-16(17-7-5-4-6-8-17)30-23-24(26(37)25(23)36)32-20-13-14-29-28(33-20)31-19-11-9-18(10-12-19)27-34-21(38-2)15-22(35-27)39-3/h9-17,30H,4-8H2,1-3H3,(H2,29,31,32,33)/t16-/m0/s1. The smallest absolute Gasteiger partial charge is 0.253 e. The summed E-state index contributed by atoms with van der Waals surface area (Å²) in [7, 11) is 3.07. The third-order valence-corrected chi connectivity index (χ3v) is 7.04. The highest BCUT2D eigenvalue weighted by Crippen LogP contribution is 2.30. The van der Waals surface area contributed by atoms with Gasteiger partial charge in [0.15, 0.2) is 5.82 Å². The Morgan fingerprint density at radius 1 is 0.846 bits per heavy atom. The van der Waals surface area contributed by atoms with Crippen LogP contribution in [0.4, 0.5) is 28.8 Å². The molecule has 1 aliphatic rings. The molecule has 0 unspecified atom stereocenters. The predicted octanol–water partition coefficient (Wildman–Crippen LogP) is 4.41. The first kappa shape index (κ1) is 26.1. The lowest BCUT2D eigenvalue weighted by atomic mass is 9.84. The van der Waals surface area contributed by atoms with Crippen molar-refractivity contribution in [2.45, 2.75) is 45.1 Å². The zero-order chi connectivity index (χ0) is 27.4. The number of nitrogens with one attached hydrogen (secondary N) is 3. The molecule has 3 N–H and O–H groups in total. The molecule has 5 rings (SSSR count). The van der Waals surface area contributed by atoms with Crippen LogP contribution in [0.25, 0.3) is 11.4 Å². The van der Waals surface area contributed by atoms with Crippen molar-refractivity contribution in [2.24, 2.45) is 5.92 Å². The fourth-order valence-corrected chi connectivity index (χ4v) is 4.82. The molecular formula is C28H31N7O4. The highest BCUT2D eigenvalue weighted by atomic mass is 16.5. The Bertz CT molecular complexity index is 1490. The fourth-order valence-electron chi connectivity index (χ4n) is 4.82. The van der Waals surface area contributed by atoms with Crippen LogP contribution in [0.5, 0.6) is 11.8 Å². The predicted molar refractivity (Wildman–Crippen MR) is 150 cm³/mol. The number of anilines is 5. The molecule has 2 aromatic carbocycles. The summed E-state index contributed by atoms with van der Waals surface area (Å²) in [5.74, 6) is 2.50. The molecule has 11 heteroatoms. The average molecular weight is 530 g/mol. The maximum Gasteiger partial charge on any atom is 0.253 e. The Balaban J connectivity index is 1.27. The van der Waals surface area contributed by atoms with Gasteiger partial charge in [-0.3, -0.25) is 9.59 Å². The number of hydrogen-bond donors (Lipinski definition) is 3. The first-order chi connectivity index (χ1) is 18.9. The van der Waals surface area contributed by atoms with E-state index >= 15 is 0 Å². The summed E-state index contributed by atoms with van der Waals surface area (Å²) in [4.78, 5) is 42.1. The Morgan fingerprint density at radius 3 is 2.18 bits per heavy atom. The minimum atomic E-state index is -0.548. The molecule has 2 heterocycles. The van der Waals surface area contributed by atoms with E-state index in [2.05, 4.69) is 42.8 Å². The molecule has 0 bridgehead atoms. The van der Waals surface area contributed by atoms with E-state index in [4.69, 9.17) is 9.47 Å². The van der Waals surface area contributed by atoms with Crippen LogP contribution in [-0.4, -0.2) is 40.2 Å². The first-order valence-electron chi connectivity index (χ1n) is 13.0. The molecule has 39 heavy (non-hydrogen) atoms. The lowest BCUT2D eigenvalue weighted by Gasteiger charge is -2.29. The molecule has 202 valence electrons. The van der Waals surface area contributed by atoms with Crippen LogP contribution in [0.1, 0.15) is 39.0 Å². The largest absolute Gasteiger partial charge is 0.481 e. The Kier molecular flexibility index (Phi) is 7.67. The highest BCUT2D eigenvalue weighted by molar-refractivity contribution is 5.78. The molecule has 11 nitrogen and oxygen atoms in total. The Hall–Kier alpha value is -4.54. The van der Waals surface area contributed by atoms with E-state index in [-0.39, 0.29) is 11.7 Å². The van der Waals surface area contributed by atoms with Gasteiger partial charge in [0.2, 0.25) is 17.7 Å². The molecule has 1 saturated carbocycles. The van der Waals surface area contributed by atoms with Crippen LogP contribution >= 0.6 is 0 Å². The van der Waals surface area contributed by atoms with Crippen molar-refractivity contribution in [3.63, 3.8) is 0 Å². The van der Waals surface area contributed by atoms with E-state index in [0.29, 0.717) is 41.0 Å². The number of benzene rings is 1. The molecule has 0 spiro atoms. The van der Waals surface area contributed by atoms with Gasteiger partial charge < -0.3 is 25.4 Å². The van der Waals surface area contributed by atoms with Gasteiger partial charge in [-0.25, -0.2) is 4.98 Å². The second-order valence-electron chi connectivity index (χ2n) is 9.61. The summed E-state index contributed by atoms with van der Waals surface area (Å²) in [6, 6.07) is 10.8. The normalized spacial score (nSPS) is 14.5. The van der Waals surface area contributed by atoms with E-state index in [1.807, 2.05) is 24.3 Å². The van der Waals surface area contributed by atoms with Crippen LogP contribution in [-0.2, 0) is 0 Å². The lowest BCUT2D eigenvalue weighted by molar-refractivity contribution is 0.328. The van der Waals surface area contributed by atoms with E-state index in [0.717, 1.165) is 24.1 Å². The zero-order valence-corrected chi connectivity index (χ0v) is 22.2. The molecule has 2 aromatic heterocycles. The van der Waals surface area contributed by atoms with Crippen LogP contribution in [0, 0.1) is 5.92 Å². The molecule has 0 amide bonds. The van der Waals surface area contributed by atoms with Crippen LogP contribution < -0.4 is 36.3 Å². The maximum atomic E-state index is 12.3. The Labute approximate surface area is 225 Å². The van der Waals surface area contributed by atoms with Crippen molar-refractivity contribution < 1.29 is 9.47 Å². The first-order valence-corrected chi connectivity index (χ1v) is 13.0. The summed E-state index contributed by atoms with van der Waals surface area (Å²) >= 11 is 0. The number of nitrogens with zero attached hydrogens (tertiary/aromatic N) is 4. The summed E-state index contributed by atoms with van der Waals surface area (Å²) in [6.45, 7) is 2.07. The summed E-state index contributed by atoms with van der Waals surface area (Å²) in [5, 5.41) is 9.44. The van der Waals surface area contributed by atoms with Crippen molar-refractivity contribution in [2.75, 3.05) is 30.2 Å². The maximum absolute atomic E-state index is 12.3. The van der Waals surface area contributed by atoms with Crippen LogP contribution in [0.3, 0.4) is 0 Å². The van der Waals surface area contributed by atoms with Gasteiger partial charge in [-0.15, -0.1) is 0 Å². The molecule has 1 aliphatic carbocycles. The second kappa shape index (κ2) is 11.5. The van der Waals surface area contributed by atoms with E-state index in [1.54, 1.807) is 18.3 Å². The van der Waals surface area contributed by atoms with Crippen molar-refractivity contribution in [3.05, 3.63) is 63.0 Å². The topological polar surface area (TPSA) is 140 Å². The van der Waals surface area contributed by atoms with E-state index < -0.39 is 10.9 Å². The second-order valence-corrected chi connectivity index (χ2v) is 9.61. The minimum absolute atomic E-state index is 0.114. The van der Waals surface area contributed by atoms with E-state index in [1.165, 1.54) is 33.5 Å². The number of methoxy groups -OCH3 is 2. The van der Waals surface area contributed by atoms with Gasteiger partial charge >= 0.3 is 0 Å². The highest BCUT2D eigenvalue weighted by Gasteiger charge is 2.26. The summed E-state index contributed by atoms with van der Waals surface area (Å²) in [6.07, 6.45) is 7.51. The molecule has 0 aliphatic heterocycles. The molecular weight excluding hydrogens is 498 g/mol. The zero-order valence-electron chi connectivity index (χ0n) is 22.2. The van der Waals surface area contributed by atoms with Gasteiger partial charge in [-0.2, -0.15) is 15.0 Å². The van der Waals surface area contributed by atoms with Crippen molar-refractivity contribution >= 4 is 28.8 Å². The Morgan fingerprint density at radius 2 is 1.51 bits per heavy atom. The van der Waals surface area contributed by atoms with E-state index in [9.17, 15) is 9.59 Å². The molecule has 0 radical (unpaired) electrons. The summed E-state index contributed by atoms with van der Waals surface area (Å²) < 4.78 is 10.5. The van der Waals surface area contributed by atoms with Gasteiger partial charge in [-0.05, 0) is 56.0 Å². The third kappa shape index (κ3) is 5.82. The van der Waals surface area contributed by atoms with Gasteiger partial charge in [0.05, 0.1) is 20.3 Å². The molecule has 1 atom stereocenters. The van der Waals surface area contributed by atoms with Gasteiger partial charge in [0.25, 0.3) is 10.9 Å². The monoisotopic (exact) mass is 529 g/mol. The quantitative estimate of drug-likeness (QED) is 0.252. The van der Waals surface area contributed by atoms with Crippen LogP contribution in [0.15, 0.2) is 52.2 Å². The number of hydrogen-bond acceptors (Lipinski definition) is 11. The van der Waals surface area contributed by atoms with Gasteiger partial charge in [0.1, 0.15) is 17.2 Å². The van der Waals surface area contributed by atoms with Crippen LogP contribution in [0.2, 0.25) is 0 Å². The number of ether oxygens (including phenoxy) is 2. The average Bonchev–Trinajstić information content (AvgIpc) is 2.99. The number of aromatic nitrogens is 4. The molecule has 0 saturated heterocycles. The van der Waals surface area contributed by atoms with Crippen molar-refractivity contribution in [1.82, 2.24) is 19.9 Å². The summed E-state index contributed by atoms with van der Waals surface area (Å²) in [5.41, 5.74) is 1.04. The van der Waals surface area contributed by atoms with Gasteiger partial charge in [-0.1, -0.05) is 19.3 Å². The van der Waals surface area contributed by atoms with Crippen molar-refractivity contribution in [3.8, 4) is 23.1 Å². The fraction of sp³-hybridized carbons (Fsp3) is 0.357. The minimum Gasteiger partial charge on any atom is -0.481 e. The lowest BCUT2D eigenvalue weighted by Crippen LogP contribution is -2.40. The molecule has 1 fully saturated rings.